The second kappa shape index (κ2) is 8.23. The van der Waals surface area contributed by atoms with Gasteiger partial charge < -0.3 is 21.5 Å². The molecular weight excluding hydrogens is 278 g/mol. The highest BCUT2D eigenvalue weighted by Gasteiger charge is 2.23. The molecule has 3 amide bonds. The van der Waals surface area contributed by atoms with Gasteiger partial charge in [-0.05, 0) is 12.8 Å². The van der Waals surface area contributed by atoms with Crippen molar-refractivity contribution in [3.05, 3.63) is 0 Å². The van der Waals surface area contributed by atoms with Gasteiger partial charge in [0.25, 0.3) is 0 Å². The van der Waals surface area contributed by atoms with Gasteiger partial charge in [0, 0.05) is 18.9 Å². The average molecular weight is 299 g/mol. The number of aliphatic carboxylic acids is 1. The van der Waals surface area contributed by atoms with Gasteiger partial charge in [0.05, 0.1) is 6.42 Å². The number of carboxylic acid groups (broad SMARTS) is 1. The number of amides is 3. The highest BCUT2D eigenvalue weighted by molar-refractivity contribution is 5.88. The Morgan fingerprint density at radius 1 is 1.19 bits per heavy atom. The molecule has 0 aromatic carbocycles. The summed E-state index contributed by atoms with van der Waals surface area (Å²) in [6, 6.07) is -1.33. The summed E-state index contributed by atoms with van der Waals surface area (Å²) in [5.74, 6) is -2.72. The summed E-state index contributed by atoms with van der Waals surface area (Å²) in [5.41, 5.74) is 4.91. The van der Waals surface area contributed by atoms with E-state index in [-0.39, 0.29) is 24.8 Å². The molecule has 1 fully saturated rings. The molecule has 0 aromatic heterocycles. The first-order valence-corrected chi connectivity index (χ1v) is 6.98. The van der Waals surface area contributed by atoms with Crippen molar-refractivity contribution in [2.24, 2.45) is 11.7 Å². The number of carbonyl (C=O) groups excluding carboxylic acids is 3. The summed E-state index contributed by atoms with van der Waals surface area (Å²) in [4.78, 5) is 44.8. The van der Waals surface area contributed by atoms with Gasteiger partial charge >= 0.3 is 5.97 Å². The Hall–Kier alpha value is -2.12. The predicted octanol–water partition coefficient (Wildman–Crippen LogP) is -0.872. The molecule has 0 unspecified atom stereocenters. The third-order valence-electron chi connectivity index (χ3n) is 3.42. The van der Waals surface area contributed by atoms with Crippen LogP contribution in [0.2, 0.25) is 0 Å². The smallest absolute Gasteiger partial charge is 0.326 e. The fraction of sp³-hybridized carbons (Fsp3) is 0.692. The lowest BCUT2D eigenvalue weighted by molar-refractivity contribution is -0.143. The Balaban J connectivity index is 2.27. The molecule has 0 heterocycles. The number of hydrogen-bond acceptors (Lipinski definition) is 4. The van der Waals surface area contributed by atoms with Crippen molar-refractivity contribution in [2.75, 3.05) is 6.54 Å². The molecule has 1 aliphatic rings. The van der Waals surface area contributed by atoms with Crippen molar-refractivity contribution in [2.45, 2.75) is 44.6 Å². The first kappa shape index (κ1) is 16.9. The van der Waals surface area contributed by atoms with Gasteiger partial charge in [-0.15, -0.1) is 0 Å². The number of carboxylic acids is 1. The molecule has 0 radical (unpaired) electrons. The second-order valence-corrected chi connectivity index (χ2v) is 5.15. The van der Waals surface area contributed by atoms with E-state index >= 15 is 0 Å². The van der Waals surface area contributed by atoms with E-state index in [4.69, 9.17) is 10.8 Å². The van der Waals surface area contributed by atoms with Gasteiger partial charge in [-0.25, -0.2) is 4.79 Å². The quantitative estimate of drug-likeness (QED) is 0.461. The molecule has 0 bridgehead atoms. The Morgan fingerprint density at radius 2 is 1.81 bits per heavy atom. The molecule has 0 saturated heterocycles. The maximum absolute atomic E-state index is 11.7. The first-order valence-electron chi connectivity index (χ1n) is 6.98. The third-order valence-corrected chi connectivity index (χ3v) is 3.42. The molecule has 1 atom stereocenters. The van der Waals surface area contributed by atoms with Gasteiger partial charge in [0.15, 0.2) is 0 Å². The van der Waals surface area contributed by atoms with Crippen LogP contribution >= 0.6 is 0 Å². The van der Waals surface area contributed by atoms with Crippen LogP contribution in [0.1, 0.15) is 38.5 Å². The Morgan fingerprint density at radius 3 is 2.33 bits per heavy atom. The number of carbonyl (C=O) groups is 4. The highest BCUT2D eigenvalue weighted by Crippen LogP contribution is 2.24. The van der Waals surface area contributed by atoms with Gasteiger partial charge in [0.1, 0.15) is 6.04 Å². The monoisotopic (exact) mass is 299 g/mol. The molecule has 1 aliphatic carbocycles. The SMILES string of the molecule is NC(=O)C[C@@H](NC(=O)CCNC(=O)C1CCCC1)C(=O)O. The fourth-order valence-electron chi connectivity index (χ4n) is 2.30. The number of nitrogens with one attached hydrogen (secondary N) is 2. The van der Waals surface area contributed by atoms with E-state index in [1.165, 1.54) is 0 Å². The van der Waals surface area contributed by atoms with Crippen LogP contribution in [-0.2, 0) is 19.2 Å². The standard InChI is InChI=1S/C13H21N3O5/c14-10(17)7-9(13(20)21)16-11(18)5-6-15-12(19)8-3-1-2-4-8/h8-9H,1-7H2,(H2,14,17)(H,15,19)(H,16,18)(H,20,21)/t9-/m1/s1. The number of rotatable bonds is 8. The topological polar surface area (TPSA) is 139 Å². The minimum atomic E-state index is -1.33. The van der Waals surface area contributed by atoms with Crippen LogP contribution in [0.4, 0.5) is 0 Å². The predicted molar refractivity (Wildman–Crippen MR) is 73.0 cm³/mol. The van der Waals surface area contributed by atoms with Crippen LogP contribution in [0.5, 0.6) is 0 Å². The Labute approximate surface area is 122 Å². The normalized spacial score (nSPS) is 16.2. The summed E-state index contributed by atoms with van der Waals surface area (Å²) in [6.07, 6.45) is 3.34. The van der Waals surface area contributed by atoms with E-state index in [9.17, 15) is 19.2 Å². The van der Waals surface area contributed by atoms with Crippen molar-refractivity contribution in [3.8, 4) is 0 Å². The zero-order chi connectivity index (χ0) is 15.8. The maximum atomic E-state index is 11.7. The van der Waals surface area contributed by atoms with Crippen LogP contribution in [0.3, 0.4) is 0 Å². The van der Waals surface area contributed by atoms with Crippen LogP contribution in [0.25, 0.3) is 0 Å². The number of primary amides is 1. The van der Waals surface area contributed by atoms with Crippen LogP contribution in [-0.4, -0.2) is 41.4 Å². The summed E-state index contributed by atoms with van der Waals surface area (Å²) >= 11 is 0. The van der Waals surface area contributed by atoms with Crippen molar-refractivity contribution in [1.29, 1.82) is 0 Å². The van der Waals surface area contributed by atoms with Gasteiger partial charge in [-0.2, -0.15) is 0 Å². The zero-order valence-electron chi connectivity index (χ0n) is 11.8. The molecule has 0 aromatic rings. The molecule has 1 rings (SSSR count). The summed E-state index contributed by atoms with van der Waals surface area (Å²) in [7, 11) is 0. The van der Waals surface area contributed by atoms with E-state index in [0.717, 1.165) is 25.7 Å². The van der Waals surface area contributed by atoms with E-state index in [1.807, 2.05) is 0 Å². The minimum Gasteiger partial charge on any atom is -0.480 e. The molecule has 8 heteroatoms. The molecule has 1 saturated carbocycles. The molecule has 118 valence electrons. The van der Waals surface area contributed by atoms with E-state index in [1.54, 1.807) is 0 Å². The summed E-state index contributed by atoms with van der Waals surface area (Å²) in [5, 5.41) is 13.7. The van der Waals surface area contributed by atoms with E-state index in [2.05, 4.69) is 10.6 Å². The van der Waals surface area contributed by atoms with Gasteiger partial charge in [0.2, 0.25) is 17.7 Å². The molecule has 0 spiro atoms. The van der Waals surface area contributed by atoms with Crippen LogP contribution < -0.4 is 16.4 Å². The second-order valence-electron chi connectivity index (χ2n) is 5.15. The lowest BCUT2D eigenvalue weighted by Gasteiger charge is -2.13. The van der Waals surface area contributed by atoms with Crippen LogP contribution in [0, 0.1) is 5.92 Å². The van der Waals surface area contributed by atoms with Crippen molar-refractivity contribution < 1.29 is 24.3 Å². The third kappa shape index (κ3) is 6.24. The number of hydrogen-bond donors (Lipinski definition) is 4. The zero-order valence-corrected chi connectivity index (χ0v) is 11.8. The number of nitrogens with two attached hydrogens (primary N) is 1. The van der Waals surface area contributed by atoms with Gasteiger partial charge in [-0.3, -0.25) is 14.4 Å². The maximum Gasteiger partial charge on any atom is 0.326 e. The molecule has 8 nitrogen and oxygen atoms in total. The lowest BCUT2D eigenvalue weighted by Crippen LogP contribution is -2.44. The van der Waals surface area contributed by atoms with Crippen LogP contribution in [0.15, 0.2) is 0 Å². The average Bonchev–Trinajstić information content (AvgIpc) is 2.91. The molecular formula is C13H21N3O5. The minimum absolute atomic E-state index is 0.0229. The van der Waals surface area contributed by atoms with Crippen molar-refractivity contribution >= 4 is 23.7 Å². The summed E-state index contributed by atoms with van der Waals surface area (Å²) < 4.78 is 0. The molecule has 21 heavy (non-hydrogen) atoms. The van der Waals surface area contributed by atoms with Crippen molar-refractivity contribution in [1.82, 2.24) is 10.6 Å². The van der Waals surface area contributed by atoms with E-state index < -0.39 is 30.2 Å². The largest absolute Gasteiger partial charge is 0.480 e. The first-order chi connectivity index (χ1) is 9.90. The summed E-state index contributed by atoms with van der Waals surface area (Å²) in [6.45, 7) is 0.143. The lowest BCUT2D eigenvalue weighted by atomic mass is 10.1. The van der Waals surface area contributed by atoms with Crippen molar-refractivity contribution in [3.63, 3.8) is 0 Å². The fourth-order valence-corrected chi connectivity index (χ4v) is 2.30. The Kier molecular flexibility index (Phi) is 6.64. The highest BCUT2D eigenvalue weighted by atomic mass is 16.4. The molecule has 0 aliphatic heterocycles. The van der Waals surface area contributed by atoms with Gasteiger partial charge in [-0.1, -0.05) is 12.8 Å². The Bertz CT molecular complexity index is 418. The molecule has 5 N–H and O–H groups in total. The van der Waals surface area contributed by atoms with E-state index in [0.29, 0.717) is 0 Å².